The van der Waals surface area contributed by atoms with E-state index in [0.717, 1.165) is 24.0 Å². The van der Waals surface area contributed by atoms with Crippen molar-refractivity contribution < 1.29 is 18.7 Å². The van der Waals surface area contributed by atoms with Gasteiger partial charge in [-0.25, -0.2) is 9.18 Å². The number of nitriles is 1. The number of hydrogen-bond acceptors (Lipinski definition) is 4. The maximum absolute atomic E-state index is 13.8. The van der Waals surface area contributed by atoms with Crippen LogP contribution in [0.4, 0.5) is 9.18 Å². The van der Waals surface area contributed by atoms with Gasteiger partial charge >= 0.3 is 6.09 Å². The van der Waals surface area contributed by atoms with Gasteiger partial charge in [-0.1, -0.05) is 6.07 Å². The molecular formula is C20H27FN2O3. The second-order valence-electron chi connectivity index (χ2n) is 7.72. The summed E-state index contributed by atoms with van der Waals surface area (Å²) in [4.78, 5) is 14.1. The van der Waals surface area contributed by atoms with E-state index in [1.807, 2.05) is 33.8 Å². The van der Waals surface area contributed by atoms with E-state index in [1.54, 1.807) is 11.0 Å². The van der Waals surface area contributed by atoms with Crippen molar-refractivity contribution in [2.75, 3.05) is 19.7 Å². The van der Waals surface area contributed by atoms with Gasteiger partial charge < -0.3 is 14.4 Å². The van der Waals surface area contributed by atoms with Crippen molar-refractivity contribution in [3.8, 4) is 6.07 Å². The summed E-state index contributed by atoms with van der Waals surface area (Å²) in [5.74, 6) is -0.360. The second kappa shape index (κ2) is 8.50. The van der Waals surface area contributed by atoms with Crippen LogP contribution in [0.15, 0.2) is 18.2 Å². The average molecular weight is 362 g/mol. The van der Waals surface area contributed by atoms with Gasteiger partial charge in [0.2, 0.25) is 0 Å². The molecule has 1 amide bonds. The minimum absolute atomic E-state index is 0.0230. The van der Waals surface area contributed by atoms with Crippen molar-refractivity contribution in [2.24, 2.45) is 5.92 Å². The van der Waals surface area contributed by atoms with Gasteiger partial charge in [0.25, 0.3) is 0 Å². The SMILES string of the molecule is Cc1ccc(F)cc1[C@H](OCC#N)C1CCCN(C(=O)OC(C)(C)C)C1. The van der Waals surface area contributed by atoms with Crippen LogP contribution in [-0.2, 0) is 9.47 Å². The number of rotatable bonds is 4. The number of nitrogens with zero attached hydrogens (tertiary/aromatic N) is 2. The third-order valence-electron chi connectivity index (χ3n) is 4.41. The van der Waals surface area contributed by atoms with Crippen LogP contribution < -0.4 is 0 Å². The molecule has 0 aromatic heterocycles. The van der Waals surface area contributed by atoms with Crippen LogP contribution in [-0.4, -0.2) is 36.3 Å². The monoisotopic (exact) mass is 362 g/mol. The predicted molar refractivity (Wildman–Crippen MR) is 96.0 cm³/mol. The Kier molecular flexibility index (Phi) is 6.60. The van der Waals surface area contributed by atoms with Crippen LogP contribution in [0.3, 0.4) is 0 Å². The summed E-state index contributed by atoms with van der Waals surface area (Å²) in [6.07, 6.45) is 0.864. The Labute approximate surface area is 154 Å². The Morgan fingerprint density at radius 2 is 2.19 bits per heavy atom. The van der Waals surface area contributed by atoms with E-state index in [-0.39, 0.29) is 24.4 Å². The quantitative estimate of drug-likeness (QED) is 0.798. The maximum atomic E-state index is 13.8. The normalized spacial score (nSPS) is 18.9. The number of aryl methyl sites for hydroxylation is 1. The van der Waals surface area contributed by atoms with Crippen LogP contribution in [0.5, 0.6) is 0 Å². The summed E-state index contributed by atoms with van der Waals surface area (Å²) in [5, 5.41) is 8.92. The molecule has 1 heterocycles. The van der Waals surface area contributed by atoms with Crippen LogP contribution in [0.25, 0.3) is 0 Å². The molecule has 5 nitrogen and oxygen atoms in total. The third kappa shape index (κ3) is 5.43. The van der Waals surface area contributed by atoms with Gasteiger partial charge in [0.1, 0.15) is 18.0 Å². The van der Waals surface area contributed by atoms with Gasteiger partial charge in [0.15, 0.2) is 0 Å². The van der Waals surface area contributed by atoms with Gasteiger partial charge in [-0.15, -0.1) is 0 Å². The Morgan fingerprint density at radius 1 is 1.46 bits per heavy atom. The molecule has 142 valence electrons. The Balaban J connectivity index is 2.21. The van der Waals surface area contributed by atoms with Crippen molar-refractivity contribution in [2.45, 2.75) is 52.2 Å². The summed E-state index contributed by atoms with van der Waals surface area (Å²) >= 11 is 0. The number of carbonyl (C=O) groups is 1. The summed E-state index contributed by atoms with van der Waals surface area (Å²) in [5.41, 5.74) is 1.08. The molecule has 0 aliphatic carbocycles. The summed E-state index contributed by atoms with van der Waals surface area (Å²) in [6.45, 7) is 8.40. The average Bonchev–Trinajstić information content (AvgIpc) is 2.57. The third-order valence-corrected chi connectivity index (χ3v) is 4.41. The minimum Gasteiger partial charge on any atom is -0.444 e. The first-order valence-electron chi connectivity index (χ1n) is 8.94. The number of carbonyl (C=O) groups excluding carboxylic acids is 1. The highest BCUT2D eigenvalue weighted by atomic mass is 19.1. The summed E-state index contributed by atoms with van der Waals surface area (Å²) < 4.78 is 25.0. The fourth-order valence-electron chi connectivity index (χ4n) is 3.27. The molecule has 1 aromatic carbocycles. The van der Waals surface area contributed by atoms with Crippen LogP contribution in [0, 0.1) is 30.0 Å². The van der Waals surface area contributed by atoms with Crippen LogP contribution >= 0.6 is 0 Å². The first kappa shape index (κ1) is 20.2. The molecule has 1 aliphatic heterocycles. The lowest BCUT2D eigenvalue weighted by atomic mass is 9.86. The van der Waals surface area contributed by atoms with Gasteiger partial charge in [-0.2, -0.15) is 5.26 Å². The molecule has 0 bridgehead atoms. The molecule has 2 rings (SSSR count). The molecule has 2 atom stereocenters. The van der Waals surface area contributed by atoms with Crippen molar-refractivity contribution in [1.29, 1.82) is 5.26 Å². The highest BCUT2D eigenvalue weighted by molar-refractivity contribution is 5.68. The lowest BCUT2D eigenvalue weighted by molar-refractivity contribution is -0.0168. The fourth-order valence-corrected chi connectivity index (χ4v) is 3.27. The Bertz CT molecular complexity index is 679. The molecule has 0 radical (unpaired) electrons. The Morgan fingerprint density at radius 3 is 2.85 bits per heavy atom. The highest BCUT2D eigenvalue weighted by Gasteiger charge is 2.33. The molecule has 26 heavy (non-hydrogen) atoms. The van der Waals surface area contributed by atoms with Crippen LogP contribution in [0.2, 0.25) is 0 Å². The zero-order valence-corrected chi connectivity index (χ0v) is 15.9. The molecule has 0 saturated carbocycles. The maximum Gasteiger partial charge on any atom is 0.410 e. The zero-order valence-electron chi connectivity index (χ0n) is 15.9. The number of piperidine rings is 1. The fraction of sp³-hybridized carbons (Fsp3) is 0.600. The van der Waals surface area contributed by atoms with Gasteiger partial charge in [0, 0.05) is 19.0 Å². The molecule has 1 unspecified atom stereocenters. The number of benzene rings is 1. The zero-order chi connectivity index (χ0) is 19.3. The lowest BCUT2D eigenvalue weighted by Crippen LogP contribution is -2.44. The van der Waals surface area contributed by atoms with Gasteiger partial charge in [-0.3, -0.25) is 0 Å². The molecule has 1 fully saturated rings. The molecule has 0 spiro atoms. The molecule has 1 saturated heterocycles. The van der Waals surface area contributed by atoms with Crippen molar-refractivity contribution in [1.82, 2.24) is 4.90 Å². The number of halogens is 1. The van der Waals surface area contributed by atoms with E-state index in [9.17, 15) is 9.18 Å². The molecule has 0 N–H and O–H groups in total. The molecular weight excluding hydrogens is 335 g/mol. The largest absolute Gasteiger partial charge is 0.444 e. The van der Waals surface area contributed by atoms with Crippen molar-refractivity contribution >= 4 is 6.09 Å². The number of hydrogen-bond donors (Lipinski definition) is 0. The minimum atomic E-state index is -0.556. The standard InChI is InChI=1S/C20H27FN2O3/c1-14-7-8-16(21)12-17(14)18(25-11-9-22)15-6-5-10-23(13-15)19(24)26-20(2,3)4/h7-8,12,15,18H,5-6,10-11,13H2,1-4H3/t15?,18-/m1/s1. The highest BCUT2D eigenvalue weighted by Crippen LogP contribution is 2.35. The van der Waals surface area contributed by atoms with E-state index in [1.165, 1.54) is 12.1 Å². The van der Waals surface area contributed by atoms with E-state index in [4.69, 9.17) is 14.7 Å². The predicted octanol–water partition coefficient (Wildman–Crippen LogP) is 4.36. The molecule has 1 aliphatic rings. The lowest BCUT2D eigenvalue weighted by Gasteiger charge is -2.37. The Hall–Kier alpha value is -2.13. The van der Waals surface area contributed by atoms with E-state index in [2.05, 4.69) is 0 Å². The first-order chi connectivity index (χ1) is 12.2. The van der Waals surface area contributed by atoms with E-state index >= 15 is 0 Å². The van der Waals surface area contributed by atoms with Gasteiger partial charge in [-0.05, 0) is 63.8 Å². The summed E-state index contributed by atoms with van der Waals surface area (Å²) in [7, 11) is 0. The van der Waals surface area contributed by atoms with E-state index in [0.29, 0.717) is 13.1 Å². The topological polar surface area (TPSA) is 62.6 Å². The summed E-state index contributed by atoms with van der Waals surface area (Å²) in [6, 6.07) is 6.57. The van der Waals surface area contributed by atoms with Crippen molar-refractivity contribution in [3.05, 3.63) is 35.1 Å². The first-order valence-corrected chi connectivity index (χ1v) is 8.94. The van der Waals surface area contributed by atoms with Crippen molar-refractivity contribution in [3.63, 3.8) is 0 Å². The molecule has 6 heteroatoms. The number of ether oxygens (including phenoxy) is 2. The smallest absolute Gasteiger partial charge is 0.410 e. The van der Waals surface area contributed by atoms with Gasteiger partial charge in [0.05, 0.1) is 12.2 Å². The number of amides is 1. The van der Waals surface area contributed by atoms with Crippen LogP contribution in [0.1, 0.15) is 50.8 Å². The van der Waals surface area contributed by atoms with E-state index < -0.39 is 11.7 Å². The molecule has 1 aromatic rings. The second-order valence-corrected chi connectivity index (χ2v) is 7.72. The number of likely N-dealkylation sites (tertiary alicyclic amines) is 1.